The van der Waals surface area contributed by atoms with Crippen molar-refractivity contribution >= 4 is 54.2 Å². The zero-order chi connectivity index (χ0) is 24.6. The minimum atomic E-state index is -4.58. The maximum absolute atomic E-state index is 13.8. The fraction of sp³-hybridized carbons (Fsp3) is 0.150. The Labute approximate surface area is 191 Å². The number of aliphatic imine (C=N–C) groups is 1. The summed E-state index contributed by atoms with van der Waals surface area (Å²) in [5.74, 6) is -0.688. The number of allylic oxidation sites excluding steroid dienone is 1. The molecule has 0 aliphatic carbocycles. The Bertz CT molecular complexity index is 1310. The molecule has 0 spiro atoms. The van der Waals surface area contributed by atoms with Gasteiger partial charge in [0, 0.05) is 36.3 Å². The average molecular weight is 511 g/mol. The molecule has 1 aliphatic heterocycles. The van der Waals surface area contributed by atoms with Crippen molar-refractivity contribution in [3.63, 3.8) is 0 Å². The molecule has 4 N–H and O–H groups in total. The highest BCUT2D eigenvalue weighted by atomic mass is 33.6. The van der Waals surface area contributed by atoms with Gasteiger partial charge in [0.25, 0.3) is 0 Å². The number of amidine groups is 1. The van der Waals surface area contributed by atoms with Crippen molar-refractivity contribution in [2.75, 3.05) is 10.6 Å². The molecule has 2 aromatic carbocycles. The lowest BCUT2D eigenvalue weighted by Crippen LogP contribution is -2.30. The van der Waals surface area contributed by atoms with E-state index in [1.54, 1.807) is 0 Å². The second kappa shape index (κ2) is 8.65. The molecule has 2 aromatic rings. The summed E-state index contributed by atoms with van der Waals surface area (Å²) in [6.45, 7) is 4.07. The molecule has 0 unspecified atom stereocenters. The molecule has 176 valence electrons. The molecule has 0 bridgehead atoms. The van der Waals surface area contributed by atoms with Crippen LogP contribution >= 0.6 is 8.09 Å². The SMILES string of the molecule is CC(=O)Nc1ccc(S(=O)(=O)S2(S(=O)(=O)c3ccc(NC(C)=O)cc3)C=C(C)N=C2N)cc1. The van der Waals surface area contributed by atoms with Gasteiger partial charge in [-0.3, -0.25) is 9.59 Å². The summed E-state index contributed by atoms with van der Waals surface area (Å²) in [4.78, 5) is 25.9. The average Bonchev–Trinajstić information content (AvgIpc) is 3.04. The Balaban J connectivity index is 2.17. The summed E-state index contributed by atoms with van der Waals surface area (Å²) >= 11 is 0. The number of nitrogens with zero attached hydrogens (tertiary/aromatic N) is 1. The number of nitrogens with one attached hydrogen (secondary N) is 2. The maximum Gasteiger partial charge on any atom is 0.235 e. The van der Waals surface area contributed by atoms with Crippen LogP contribution in [0.5, 0.6) is 0 Å². The summed E-state index contributed by atoms with van der Waals surface area (Å²) in [6, 6.07) is 10.3. The maximum atomic E-state index is 13.8. The minimum Gasteiger partial charge on any atom is -0.378 e. The summed E-state index contributed by atoms with van der Waals surface area (Å²) in [6.07, 6.45) is 0. The molecule has 0 saturated heterocycles. The molecule has 1 aliphatic rings. The third-order valence-corrected chi connectivity index (χ3v) is 18.7. The van der Waals surface area contributed by atoms with Gasteiger partial charge in [0.2, 0.25) is 29.6 Å². The van der Waals surface area contributed by atoms with Crippen molar-refractivity contribution in [1.29, 1.82) is 0 Å². The van der Waals surface area contributed by atoms with Gasteiger partial charge >= 0.3 is 0 Å². The number of hydrogen-bond acceptors (Lipinski definition) is 8. The Morgan fingerprint density at radius 1 is 0.788 bits per heavy atom. The highest BCUT2D eigenvalue weighted by Crippen LogP contribution is 2.68. The standard InChI is InChI=1S/C20H22N4O6S3/c1-13-12-31(20(21)22-13,32(27,28)18-8-4-16(5-9-18)23-14(2)25)33(29,30)19-10-6-17(7-11-19)24-15(3)26/h4-12H,1-3H3,(H2,21,22)(H,23,25)(H,24,26). The monoisotopic (exact) mass is 510 g/mol. The van der Waals surface area contributed by atoms with Crippen molar-refractivity contribution in [1.82, 2.24) is 0 Å². The minimum absolute atomic E-state index is 0.166. The van der Waals surface area contributed by atoms with E-state index in [1.165, 1.54) is 69.3 Å². The fourth-order valence-corrected chi connectivity index (χ4v) is 16.3. The first-order valence-electron chi connectivity index (χ1n) is 9.42. The van der Waals surface area contributed by atoms with Crippen LogP contribution in [0.1, 0.15) is 20.8 Å². The first kappa shape index (κ1) is 24.5. The van der Waals surface area contributed by atoms with Crippen LogP contribution in [0.25, 0.3) is 0 Å². The van der Waals surface area contributed by atoms with E-state index in [1.807, 2.05) is 0 Å². The van der Waals surface area contributed by atoms with E-state index >= 15 is 0 Å². The molecule has 0 saturated carbocycles. The molecule has 33 heavy (non-hydrogen) atoms. The summed E-state index contributed by atoms with van der Waals surface area (Å²) in [5.41, 5.74) is 6.87. The lowest BCUT2D eigenvalue weighted by atomic mass is 10.3. The molecule has 0 radical (unpaired) electrons. The lowest BCUT2D eigenvalue weighted by molar-refractivity contribution is -0.115. The van der Waals surface area contributed by atoms with E-state index in [0.717, 1.165) is 5.41 Å². The van der Waals surface area contributed by atoms with Crippen LogP contribution in [0.2, 0.25) is 0 Å². The molecule has 0 aromatic heterocycles. The van der Waals surface area contributed by atoms with Gasteiger partial charge in [0.05, 0.1) is 17.9 Å². The van der Waals surface area contributed by atoms with Gasteiger partial charge in [0.1, 0.15) is 0 Å². The Kier molecular flexibility index (Phi) is 6.42. The van der Waals surface area contributed by atoms with Gasteiger partial charge in [-0.25, -0.2) is 21.8 Å². The summed E-state index contributed by atoms with van der Waals surface area (Å²) in [7, 11) is -13.1. The third kappa shape index (κ3) is 4.26. The van der Waals surface area contributed by atoms with Crippen LogP contribution in [0.3, 0.4) is 0 Å². The number of nitrogens with two attached hydrogens (primary N) is 1. The van der Waals surface area contributed by atoms with Gasteiger partial charge < -0.3 is 16.4 Å². The zero-order valence-corrected chi connectivity index (χ0v) is 20.3. The molecule has 2 amide bonds. The molecule has 10 nitrogen and oxygen atoms in total. The normalized spacial score (nSPS) is 16.3. The van der Waals surface area contributed by atoms with Gasteiger partial charge in [-0.2, -0.15) is 0 Å². The van der Waals surface area contributed by atoms with Crippen molar-refractivity contribution in [2.45, 2.75) is 30.6 Å². The van der Waals surface area contributed by atoms with Gasteiger partial charge in [-0.05, 0) is 55.5 Å². The van der Waals surface area contributed by atoms with Crippen molar-refractivity contribution in [2.24, 2.45) is 10.7 Å². The van der Waals surface area contributed by atoms with Gasteiger partial charge in [-0.1, -0.05) is 0 Å². The van der Waals surface area contributed by atoms with Gasteiger partial charge in [-0.15, -0.1) is 0 Å². The summed E-state index contributed by atoms with van der Waals surface area (Å²) in [5, 5.41) is 5.61. The number of amides is 2. The highest BCUT2D eigenvalue weighted by molar-refractivity contribution is 9.26. The predicted molar refractivity (Wildman–Crippen MR) is 129 cm³/mol. The molecule has 0 fully saturated rings. The number of carbonyl (C=O) groups is 2. The highest BCUT2D eigenvalue weighted by Gasteiger charge is 2.55. The first-order chi connectivity index (χ1) is 15.3. The largest absolute Gasteiger partial charge is 0.378 e. The number of carbonyl (C=O) groups excluding carboxylic acids is 2. The third-order valence-electron chi connectivity index (χ3n) is 4.48. The van der Waals surface area contributed by atoms with E-state index in [-0.39, 0.29) is 27.3 Å². The van der Waals surface area contributed by atoms with Crippen molar-refractivity contribution in [3.05, 3.63) is 59.6 Å². The van der Waals surface area contributed by atoms with Crippen LogP contribution < -0.4 is 16.4 Å². The number of rotatable bonds is 6. The van der Waals surface area contributed by atoms with E-state index in [4.69, 9.17) is 5.73 Å². The number of anilines is 2. The smallest absolute Gasteiger partial charge is 0.235 e. The molecular weight excluding hydrogens is 488 g/mol. The molecule has 3 rings (SSSR count). The van der Waals surface area contributed by atoms with Crippen LogP contribution in [0.15, 0.2) is 74.4 Å². The van der Waals surface area contributed by atoms with Crippen LogP contribution in [0, 0.1) is 0 Å². The zero-order valence-electron chi connectivity index (χ0n) is 17.9. The second-order valence-corrected chi connectivity index (χ2v) is 18.0. The van der Waals surface area contributed by atoms with E-state index in [2.05, 4.69) is 15.6 Å². The Morgan fingerprint density at radius 2 is 1.15 bits per heavy atom. The van der Waals surface area contributed by atoms with E-state index < -0.39 is 31.0 Å². The van der Waals surface area contributed by atoms with E-state index in [9.17, 15) is 26.4 Å². The van der Waals surface area contributed by atoms with Crippen LogP contribution in [-0.2, 0) is 27.3 Å². The number of benzene rings is 2. The Hall–Kier alpha value is -3.16. The molecule has 1 heterocycles. The second-order valence-electron chi connectivity index (χ2n) is 7.07. The molecule has 13 heteroatoms. The first-order valence-corrected chi connectivity index (χ1v) is 15.1. The van der Waals surface area contributed by atoms with Crippen molar-refractivity contribution < 1.29 is 26.4 Å². The predicted octanol–water partition coefficient (Wildman–Crippen LogP) is 2.68. The molecular formula is C20H22N4O6S3. The fourth-order valence-electron chi connectivity index (χ4n) is 3.12. The van der Waals surface area contributed by atoms with Crippen LogP contribution in [-0.4, -0.2) is 33.8 Å². The number of hydrogen-bond donors (Lipinski definition) is 3. The van der Waals surface area contributed by atoms with Gasteiger partial charge in [0.15, 0.2) is 5.17 Å². The Morgan fingerprint density at radius 3 is 1.42 bits per heavy atom. The van der Waals surface area contributed by atoms with Crippen molar-refractivity contribution in [3.8, 4) is 0 Å². The summed E-state index contributed by atoms with van der Waals surface area (Å²) < 4.78 is 55.1. The van der Waals surface area contributed by atoms with E-state index in [0.29, 0.717) is 11.4 Å². The molecule has 0 atom stereocenters. The van der Waals surface area contributed by atoms with Crippen LogP contribution in [0.4, 0.5) is 11.4 Å². The topological polar surface area (TPSA) is 165 Å². The lowest BCUT2D eigenvalue weighted by Gasteiger charge is -2.32. The quantitative estimate of drug-likeness (QED) is 0.503.